The largest absolute Gasteiger partial charge is 0.477 e. The highest BCUT2D eigenvalue weighted by molar-refractivity contribution is 14.1. The molecular weight excluding hydrogens is 331 g/mol. The van der Waals surface area contributed by atoms with E-state index in [0.29, 0.717) is 12.2 Å². The third-order valence-electron chi connectivity index (χ3n) is 2.42. The zero-order valence-corrected chi connectivity index (χ0v) is 11.2. The van der Waals surface area contributed by atoms with E-state index in [1.807, 2.05) is 24.4 Å². The fraction of sp³-hybridized carbons (Fsp3) is 0.167. The van der Waals surface area contributed by atoms with Crippen molar-refractivity contribution in [2.45, 2.75) is 13.0 Å². The Morgan fingerprint density at radius 2 is 2.29 bits per heavy atom. The first-order valence-corrected chi connectivity index (χ1v) is 6.23. The van der Waals surface area contributed by atoms with Gasteiger partial charge in [0.2, 0.25) is 0 Å². The van der Waals surface area contributed by atoms with Gasteiger partial charge in [-0.3, -0.25) is 4.98 Å². The van der Waals surface area contributed by atoms with E-state index in [0.717, 1.165) is 15.7 Å². The number of carbonyl (C=O) groups is 1. The zero-order chi connectivity index (χ0) is 12.3. The molecule has 0 radical (unpaired) electrons. The smallest absolute Gasteiger partial charge is 0.352 e. The highest BCUT2D eigenvalue weighted by Crippen LogP contribution is 2.12. The molecule has 0 fully saturated rings. The van der Waals surface area contributed by atoms with E-state index in [-0.39, 0.29) is 0 Å². The lowest BCUT2D eigenvalue weighted by atomic mass is 10.2. The van der Waals surface area contributed by atoms with Crippen LogP contribution in [0.1, 0.15) is 16.2 Å². The van der Waals surface area contributed by atoms with Crippen LogP contribution in [0.25, 0.3) is 0 Å². The number of aromatic carboxylic acids is 1. The Hall–Kier alpha value is -1.37. The lowest BCUT2D eigenvalue weighted by Crippen LogP contribution is -2.09. The molecule has 0 atom stereocenters. The molecule has 2 rings (SSSR count). The maximum atomic E-state index is 11.0. The summed E-state index contributed by atoms with van der Waals surface area (Å²) in [6.07, 6.45) is 4.31. The van der Waals surface area contributed by atoms with Gasteiger partial charge in [-0.25, -0.2) is 4.79 Å². The molecule has 1 N–H and O–H groups in total. The number of halogens is 1. The normalized spacial score (nSPS) is 10.4. The van der Waals surface area contributed by atoms with Crippen molar-refractivity contribution in [1.82, 2.24) is 9.55 Å². The minimum Gasteiger partial charge on any atom is -0.477 e. The fourth-order valence-corrected chi connectivity index (χ4v) is 2.25. The van der Waals surface area contributed by atoms with E-state index in [9.17, 15) is 4.79 Å². The second kappa shape index (κ2) is 5.31. The van der Waals surface area contributed by atoms with Gasteiger partial charge in [0.25, 0.3) is 0 Å². The Balaban J connectivity index is 2.11. The lowest BCUT2D eigenvalue weighted by molar-refractivity contribution is 0.0685. The van der Waals surface area contributed by atoms with Crippen LogP contribution >= 0.6 is 22.6 Å². The van der Waals surface area contributed by atoms with Crippen LogP contribution in [-0.4, -0.2) is 20.6 Å². The van der Waals surface area contributed by atoms with E-state index in [4.69, 9.17) is 5.11 Å². The van der Waals surface area contributed by atoms with Crippen LogP contribution < -0.4 is 0 Å². The van der Waals surface area contributed by atoms with Gasteiger partial charge in [-0.05, 0) is 40.8 Å². The van der Waals surface area contributed by atoms with E-state index < -0.39 is 5.97 Å². The van der Waals surface area contributed by atoms with Gasteiger partial charge < -0.3 is 9.67 Å². The van der Waals surface area contributed by atoms with Crippen molar-refractivity contribution >= 4 is 28.6 Å². The first-order chi connectivity index (χ1) is 8.16. The predicted octanol–water partition coefficient (Wildman–Crippen LogP) is 2.43. The van der Waals surface area contributed by atoms with Crippen molar-refractivity contribution in [3.05, 3.63) is 51.6 Å². The van der Waals surface area contributed by atoms with Gasteiger partial charge in [-0.1, -0.05) is 6.07 Å². The number of hydrogen-bond acceptors (Lipinski definition) is 2. The standard InChI is InChI=1S/C12H11IN2O2/c13-9-7-11(12(16)17)15(8-9)6-4-10-3-1-2-5-14-10/h1-3,5,7-8H,4,6H2,(H,16,17). The number of aromatic nitrogens is 2. The molecular formula is C12H11IN2O2. The van der Waals surface area contributed by atoms with Gasteiger partial charge >= 0.3 is 5.97 Å². The summed E-state index contributed by atoms with van der Waals surface area (Å²) in [5.41, 5.74) is 1.29. The Morgan fingerprint density at radius 1 is 1.47 bits per heavy atom. The molecule has 17 heavy (non-hydrogen) atoms. The lowest BCUT2D eigenvalue weighted by Gasteiger charge is -2.05. The average Bonchev–Trinajstić information content (AvgIpc) is 2.69. The molecule has 2 aromatic rings. The number of nitrogens with zero attached hydrogens (tertiary/aromatic N) is 2. The van der Waals surface area contributed by atoms with Crippen molar-refractivity contribution in [2.24, 2.45) is 0 Å². The molecule has 0 saturated heterocycles. The molecule has 0 aliphatic heterocycles. The molecule has 5 heteroatoms. The molecule has 0 amide bonds. The monoisotopic (exact) mass is 342 g/mol. The quantitative estimate of drug-likeness (QED) is 0.869. The van der Waals surface area contributed by atoms with Gasteiger partial charge in [0.1, 0.15) is 5.69 Å². The summed E-state index contributed by atoms with van der Waals surface area (Å²) >= 11 is 2.11. The predicted molar refractivity (Wildman–Crippen MR) is 72.0 cm³/mol. The Kier molecular flexibility index (Phi) is 3.78. The number of rotatable bonds is 4. The molecule has 88 valence electrons. The molecule has 0 aliphatic rings. The Morgan fingerprint density at radius 3 is 2.94 bits per heavy atom. The molecule has 0 unspecified atom stereocenters. The van der Waals surface area contributed by atoms with Gasteiger partial charge in [0.05, 0.1) is 0 Å². The maximum absolute atomic E-state index is 11.0. The Labute approximate surface area is 112 Å². The highest BCUT2D eigenvalue weighted by Gasteiger charge is 2.11. The second-order valence-corrected chi connectivity index (χ2v) is 4.86. The van der Waals surface area contributed by atoms with E-state index in [1.54, 1.807) is 16.8 Å². The molecule has 2 heterocycles. The van der Waals surface area contributed by atoms with E-state index in [2.05, 4.69) is 27.6 Å². The summed E-state index contributed by atoms with van der Waals surface area (Å²) in [5, 5.41) is 9.04. The minimum atomic E-state index is -0.895. The van der Waals surface area contributed by atoms with Crippen molar-refractivity contribution < 1.29 is 9.90 Å². The van der Waals surface area contributed by atoms with Gasteiger partial charge in [-0.15, -0.1) is 0 Å². The summed E-state index contributed by atoms with van der Waals surface area (Å²) in [4.78, 5) is 15.2. The van der Waals surface area contributed by atoms with Crippen LogP contribution in [0.2, 0.25) is 0 Å². The van der Waals surface area contributed by atoms with Crippen LogP contribution in [0.15, 0.2) is 36.7 Å². The van der Waals surface area contributed by atoms with Crippen molar-refractivity contribution in [1.29, 1.82) is 0 Å². The number of pyridine rings is 1. The first kappa shape index (κ1) is 12.1. The maximum Gasteiger partial charge on any atom is 0.352 e. The Bertz CT molecular complexity index is 523. The summed E-state index contributed by atoms with van der Waals surface area (Å²) < 4.78 is 2.68. The van der Waals surface area contributed by atoms with Crippen LogP contribution in [0.5, 0.6) is 0 Å². The van der Waals surface area contributed by atoms with Crippen molar-refractivity contribution in [3.8, 4) is 0 Å². The summed E-state index contributed by atoms with van der Waals surface area (Å²) in [6, 6.07) is 7.40. The third-order valence-corrected chi connectivity index (χ3v) is 3.01. The van der Waals surface area contributed by atoms with Crippen LogP contribution in [0, 0.1) is 3.57 Å². The fourth-order valence-electron chi connectivity index (χ4n) is 1.62. The molecule has 0 aliphatic carbocycles. The van der Waals surface area contributed by atoms with Crippen LogP contribution in [-0.2, 0) is 13.0 Å². The number of aryl methyl sites for hydroxylation is 2. The average molecular weight is 342 g/mol. The van der Waals surface area contributed by atoms with Crippen molar-refractivity contribution in [2.75, 3.05) is 0 Å². The SMILES string of the molecule is O=C(O)c1cc(I)cn1CCc1ccccn1. The molecule has 0 spiro atoms. The molecule has 4 nitrogen and oxygen atoms in total. The van der Waals surface area contributed by atoms with E-state index >= 15 is 0 Å². The molecule has 0 bridgehead atoms. The van der Waals surface area contributed by atoms with Gasteiger partial charge in [-0.2, -0.15) is 0 Å². The van der Waals surface area contributed by atoms with Crippen LogP contribution in [0.3, 0.4) is 0 Å². The number of hydrogen-bond donors (Lipinski definition) is 1. The summed E-state index contributed by atoms with van der Waals surface area (Å²) in [7, 11) is 0. The summed E-state index contributed by atoms with van der Waals surface area (Å²) in [6.45, 7) is 0.627. The highest BCUT2D eigenvalue weighted by atomic mass is 127. The number of carboxylic acid groups (broad SMARTS) is 1. The zero-order valence-electron chi connectivity index (χ0n) is 9.01. The number of carboxylic acids is 1. The second-order valence-electron chi connectivity index (χ2n) is 3.61. The molecule has 0 saturated carbocycles. The van der Waals surface area contributed by atoms with Gasteiger partial charge in [0, 0.05) is 34.6 Å². The topological polar surface area (TPSA) is 55.1 Å². The van der Waals surface area contributed by atoms with Gasteiger partial charge in [0.15, 0.2) is 0 Å². The van der Waals surface area contributed by atoms with E-state index in [1.165, 1.54) is 0 Å². The molecule has 0 aromatic carbocycles. The summed E-state index contributed by atoms with van der Waals surface area (Å²) in [5.74, 6) is -0.895. The van der Waals surface area contributed by atoms with Crippen LogP contribution in [0.4, 0.5) is 0 Å². The first-order valence-electron chi connectivity index (χ1n) is 5.15. The third kappa shape index (κ3) is 3.06. The minimum absolute atomic E-state index is 0.324. The van der Waals surface area contributed by atoms with Crippen molar-refractivity contribution in [3.63, 3.8) is 0 Å². The molecule has 2 aromatic heterocycles.